The Morgan fingerprint density at radius 1 is 1.29 bits per heavy atom. The van der Waals surface area contributed by atoms with Crippen LogP contribution in [0.3, 0.4) is 0 Å². The smallest absolute Gasteiger partial charge is 0.475 e. The summed E-state index contributed by atoms with van der Waals surface area (Å²) in [5.74, 6) is -2.66. The predicted octanol–water partition coefficient (Wildman–Crippen LogP) is 1.92. The molecular weight excluding hydrogens is 379 g/mol. The zero-order valence-electron chi connectivity index (χ0n) is 15.7. The maximum Gasteiger partial charge on any atom is 0.490 e. The van der Waals surface area contributed by atoms with Crippen LogP contribution >= 0.6 is 0 Å². The molecule has 2 aliphatic heterocycles. The van der Waals surface area contributed by atoms with Crippen LogP contribution in [0.4, 0.5) is 13.2 Å². The summed E-state index contributed by atoms with van der Waals surface area (Å²) in [7, 11) is 3.58. The van der Waals surface area contributed by atoms with Gasteiger partial charge in [-0.3, -0.25) is 14.7 Å². The fourth-order valence-corrected chi connectivity index (χ4v) is 3.38. The zero-order valence-corrected chi connectivity index (χ0v) is 15.7. The van der Waals surface area contributed by atoms with E-state index in [1.54, 1.807) is 19.0 Å². The molecule has 3 heterocycles. The van der Waals surface area contributed by atoms with Gasteiger partial charge < -0.3 is 14.7 Å². The van der Waals surface area contributed by atoms with Crippen molar-refractivity contribution in [2.45, 2.75) is 50.2 Å². The topological polar surface area (TPSA) is 83.0 Å². The highest BCUT2D eigenvalue weighted by Crippen LogP contribution is 2.32. The van der Waals surface area contributed by atoms with Crippen molar-refractivity contribution in [2.75, 3.05) is 20.6 Å². The summed E-state index contributed by atoms with van der Waals surface area (Å²) in [6.45, 7) is 1.90. The molecule has 2 fully saturated rings. The van der Waals surface area contributed by atoms with Gasteiger partial charge in [-0.2, -0.15) is 13.2 Å². The third-order valence-electron chi connectivity index (χ3n) is 4.71. The molecule has 2 saturated heterocycles. The number of aliphatic carboxylic acids is 1. The van der Waals surface area contributed by atoms with E-state index in [1.807, 2.05) is 18.3 Å². The number of ether oxygens (including phenoxy) is 1. The van der Waals surface area contributed by atoms with Gasteiger partial charge >= 0.3 is 12.1 Å². The molecule has 28 heavy (non-hydrogen) atoms. The van der Waals surface area contributed by atoms with E-state index in [2.05, 4.69) is 16.0 Å². The Morgan fingerprint density at radius 2 is 1.96 bits per heavy atom. The summed E-state index contributed by atoms with van der Waals surface area (Å²) < 4.78 is 37.8. The van der Waals surface area contributed by atoms with E-state index >= 15 is 0 Å². The zero-order chi connectivity index (χ0) is 20.9. The van der Waals surface area contributed by atoms with Crippen LogP contribution in [-0.4, -0.2) is 76.8 Å². The number of pyridine rings is 1. The standard InChI is InChI=1S/C16H23N3O2.C2HF3O2/c1-18(2)16(20)15-7-6-13-14(21-15)8-10-19(13)11-12-5-3-4-9-17-12;3-2(4,5)1(6)7/h3-5,9,13-15H,6-8,10-11H2,1-2H3;(H,6,7)/t13-,14-,15+;/m1./s1. The average molecular weight is 403 g/mol. The molecule has 0 saturated carbocycles. The SMILES string of the molecule is CN(C)C(=O)[C@@H]1CC[C@@H]2[C@@H](CCN2Cc2ccccn2)O1.O=C(O)C(F)(F)F. The van der Waals surface area contributed by atoms with Crippen LogP contribution in [0.15, 0.2) is 24.4 Å². The van der Waals surface area contributed by atoms with Crippen molar-refractivity contribution in [3.63, 3.8) is 0 Å². The van der Waals surface area contributed by atoms with Crippen molar-refractivity contribution in [3.8, 4) is 0 Å². The predicted molar refractivity (Wildman–Crippen MR) is 93.3 cm³/mol. The Balaban J connectivity index is 0.000000345. The molecule has 0 radical (unpaired) electrons. The van der Waals surface area contributed by atoms with Gasteiger partial charge in [0.05, 0.1) is 11.8 Å². The minimum absolute atomic E-state index is 0.0941. The lowest BCUT2D eigenvalue weighted by Crippen LogP contribution is -2.47. The monoisotopic (exact) mass is 403 g/mol. The molecule has 0 spiro atoms. The molecule has 7 nitrogen and oxygen atoms in total. The second kappa shape index (κ2) is 9.33. The molecule has 2 aliphatic rings. The first-order valence-corrected chi connectivity index (χ1v) is 8.90. The number of likely N-dealkylation sites (N-methyl/N-ethyl adjacent to an activating group) is 1. The van der Waals surface area contributed by atoms with Gasteiger partial charge in [0.15, 0.2) is 0 Å². The van der Waals surface area contributed by atoms with E-state index in [-0.39, 0.29) is 18.1 Å². The number of aromatic nitrogens is 1. The number of carbonyl (C=O) groups is 2. The summed E-state index contributed by atoms with van der Waals surface area (Å²) in [6.07, 6.45) is -0.452. The van der Waals surface area contributed by atoms with Crippen molar-refractivity contribution in [1.82, 2.24) is 14.8 Å². The first kappa shape index (κ1) is 22.1. The molecule has 3 rings (SSSR count). The number of carboxylic acids is 1. The van der Waals surface area contributed by atoms with Crippen LogP contribution in [0.2, 0.25) is 0 Å². The number of amides is 1. The highest BCUT2D eigenvalue weighted by Gasteiger charge is 2.42. The number of hydrogen-bond acceptors (Lipinski definition) is 5. The maximum absolute atomic E-state index is 12.0. The second-order valence-electron chi connectivity index (χ2n) is 6.92. The van der Waals surface area contributed by atoms with Crippen LogP contribution in [0.5, 0.6) is 0 Å². The van der Waals surface area contributed by atoms with Gasteiger partial charge in [0.25, 0.3) is 5.91 Å². The minimum atomic E-state index is -5.08. The number of alkyl halides is 3. The summed E-state index contributed by atoms with van der Waals surface area (Å²) in [5.41, 5.74) is 1.10. The van der Waals surface area contributed by atoms with E-state index in [0.29, 0.717) is 6.04 Å². The van der Waals surface area contributed by atoms with Crippen molar-refractivity contribution >= 4 is 11.9 Å². The Kier molecular flexibility index (Phi) is 7.36. The Morgan fingerprint density at radius 3 is 2.50 bits per heavy atom. The van der Waals surface area contributed by atoms with Crippen molar-refractivity contribution in [3.05, 3.63) is 30.1 Å². The largest absolute Gasteiger partial charge is 0.490 e. The number of halogens is 3. The van der Waals surface area contributed by atoms with Gasteiger partial charge in [-0.15, -0.1) is 0 Å². The van der Waals surface area contributed by atoms with Crippen LogP contribution in [0.1, 0.15) is 25.0 Å². The van der Waals surface area contributed by atoms with E-state index < -0.39 is 12.1 Å². The van der Waals surface area contributed by atoms with Gasteiger partial charge in [0, 0.05) is 39.4 Å². The number of fused-ring (bicyclic) bond motifs is 1. The number of rotatable bonds is 3. The molecule has 0 aliphatic carbocycles. The molecule has 10 heteroatoms. The van der Waals surface area contributed by atoms with Gasteiger partial charge in [-0.1, -0.05) is 6.07 Å². The maximum atomic E-state index is 12.0. The molecule has 0 aromatic carbocycles. The normalized spacial score (nSPS) is 24.7. The summed E-state index contributed by atoms with van der Waals surface area (Å²) in [4.78, 5) is 29.4. The van der Waals surface area contributed by atoms with E-state index in [9.17, 15) is 18.0 Å². The van der Waals surface area contributed by atoms with E-state index in [4.69, 9.17) is 14.6 Å². The average Bonchev–Trinajstić information content (AvgIpc) is 3.03. The Bertz CT molecular complexity index is 670. The fourth-order valence-electron chi connectivity index (χ4n) is 3.38. The van der Waals surface area contributed by atoms with Gasteiger partial charge in [0.2, 0.25) is 0 Å². The van der Waals surface area contributed by atoms with Gasteiger partial charge in [0.1, 0.15) is 6.10 Å². The number of carbonyl (C=O) groups excluding carboxylic acids is 1. The minimum Gasteiger partial charge on any atom is -0.475 e. The third-order valence-corrected chi connectivity index (χ3v) is 4.71. The quantitative estimate of drug-likeness (QED) is 0.831. The molecule has 1 aromatic rings. The number of hydrogen-bond donors (Lipinski definition) is 1. The molecule has 156 valence electrons. The number of carboxylic acid groups (broad SMARTS) is 1. The van der Waals surface area contributed by atoms with E-state index in [1.165, 1.54) is 0 Å². The third kappa shape index (κ3) is 5.90. The summed E-state index contributed by atoms with van der Waals surface area (Å²) >= 11 is 0. The van der Waals surface area contributed by atoms with Crippen molar-refractivity contribution in [2.24, 2.45) is 0 Å². The van der Waals surface area contributed by atoms with Crippen molar-refractivity contribution < 1.29 is 32.6 Å². The van der Waals surface area contributed by atoms with Crippen LogP contribution < -0.4 is 0 Å². The van der Waals surface area contributed by atoms with Crippen molar-refractivity contribution in [1.29, 1.82) is 0 Å². The van der Waals surface area contributed by atoms with Crippen LogP contribution in [0.25, 0.3) is 0 Å². The number of likely N-dealkylation sites (tertiary alicyclic amines) is 1. The summed E-state index contributed by atoms with van der Waals surface area (Å²) in [5, 5.41) is 7.12. The Hall–Kier alpha value is -2.20. The highest BCUT2D eigenvalue weighted by molar-refractivity contribution is 5.80. The van der Waals surface area contributed by atoms with Crippen LogP contribution in [0, 0.1) is 0 Å². The number of nitrogens with zero attached hydrogens (tertiary/aromatic N) is 3. The second-order valence-corrected chi connectivity index (χ2v) is 6.92. The van der Waals surface area contributed by atoms with Gasteiger partial charge in [-0.05, 0) is 31.4 Å². The Labute approximate surface area is 161 Å². The molecule has 3 atom stereocenters. The van der Waals surface area contributed by atoms with E-state index in [0.717, 1.165) is 38.0 Å². The first-order valence-electron chi connectivity index (χ1n) is 8.90. The molecule has 1 amide bonds. The first-order chi connectivity index (χ1) is 13.1. The molecule has 0 bridgehead atoms. The lowest BCUT2D eigenvalue weighted by Gasteiger charge is -2.36. The molecule has 1 N–H and O–H groups in total. The summed E-state index contributed by atoms with van der Waals surface area (Å²) in [6, 6.07) is 6.46. The molecular formula is C18H24F3N3O4. The molecule has 1 aromatic heterocycles. The lowest BCUT2D eigenvalue weighted by atomic mass is 9.98. The fraction of sp³-hybridized carbons (Fsp3) is 0.611. The highest BCUT2D eigenvalue weighted by atomic mass is 19.4. The van der Waals surface area contributed by atoms with Gasteiger partial charge in [-0.25, -0.2) is 4.79 Å². The lowest BCUT2D eigenvalue weighted by molar-refractivity contribution is -0.192. The molecule has 0 unspecified atom stereocenters. The van der Waals surface area contributed by atoms with Crippen LogP contribution in [-0.2, 0) is 20.9 Å².